The van der Waals surface area contributed by atoms with E-state index < -0.39 is 0 Å². The van der Waals surface area contributed by atoms with Crippen molar-refractivity contribution < 1.29 is 4.74 Å². The normalized spacial score (nSPS) is 20.9. The number of hydrogen-bond acceptors (Lipinski definition) is 2. The molecule has 1 atom stereocenters. The van der Waals surface area contributed by atoms with Gasteiger partial charge in [0.1, 0.15) is 5.75 Å². The lowest BCUT2D eigenvalue weighted by Gasteiger charge is -2.13. The predicted octanol–water partition coefficient (Wildman–Crippen LogP) is 2.55. The minimum Gasteiger partial charge on any atom is -0.491 e. The van der Waals surface area contributed by atoms with Gasteiger partial charge in [0, 0.05) is 6.54 Å². The molecule has 2 rings (SSSR count). The molecule has 1 heterocycles. The smallest absolute Gasteiger partial charge is 0.119 e. The molecule has 1 aromatic rings. The second kappa shape index (κ2) is 4.67. The fraction of sp³-hybridized carbons (Fsp3) is 0.538. The average molecular weight is 205 g/mol. The largest absolute Gasteiger partial charge is 0.491 e. The summed E-state index contributed by atoms with van der Waals surface area (Å²) < 4.78 is 5.69. The van der Waals surface area contributed by atoms with Crippen LogP contribution in [0.15, 0.2) is 24.3 Å². The van der Waals surface area contributed by atoms with Gasteiger partial charge in [-0.05, 0) is 50.4 Å². The molecule has 1 aliphatic heterocycles. The van der Waals surface area contributed by atoms with Crippen molar-refractivity contribution in [3.05, 3.63) is 29.8 Å². The third kappa shape index (κ3) is 2.72. The van der Waals surface area contributed by atoms with Crippen molar-refractivity contribution in [2.24, 2.45) is 0 Å². The van der Waals surface area contributed by atoms with E-state index in [1.54, 1.807) is 0 Å². The summed E-state index contributed by atoms with van der Waals surface area (Å²) >= 11 is 0. The van der Waals surface area contributed by atoms with Crippen molar-refractivity contribution in [3.8, 4) is 5.75 Å². The first-order valence-corrected chi connectivity index (χ1v) is 5.73. The SMILES string of the molecule is CC(C)Oc1cccc([C@@H]2CCNC2)c1. The van der Waals surface area contributed by atoms with Crippen LogP contribution in [0, 0.1) is 0 Å². The molecule has 0 radical (unpaired) electrons. The molecular formula is C13H19NO. The molecule has 0 bridgehead atoms. The molecule has 0 saturated carbocycles. The van der Waals surface area contributed by atoms with Crippen LogP contribution >= 0.6 is 0 Å². The zero-order valence-electron chi connectivity index (χ0n) is 9.49. The maximum atomic E-state index is 5.69. The number of ether oxygens (including phenoxy) is 1. The molecule has 1 aromatic carbocycles. The highest BCUT2D eigenvalue weighted by molar-refractivity contribution is 5.31. The molecule has 0 unspecified atom stereocenters. The standard InChI is InChI=1S/C13H19NO/c1-10(2)15-13-5-3-4-11(8-13)12-6-7-14-9-12/h3-5,8,10,12,14H,6-7,9H2,1-2H3/t12-/m1/s1. The van der Waals surface area contributed by atoms with Crippen LogP contribution in [-0.2, 0) is 0 Å². The summed E-state index contributed by atoms with van der Waals surface area (Å²) in [5.41, 5.74) is 1.40. The number of nitrogens with one attached hydrogen (secondary N) is 1. The van der Waals surface area contributed by atoms with Crippen LogP contribution in [0.1, 0.15) is 31.7 Å². The molecule has 0 spiro atoms. The minimum absolute atomic E-state index is 0.252. The van der Waals surface area contributed by atoms with Gasteiger partial charge in [-0.15, -0.1) is 0 Å². The molecule has 1 N–H and O–H groups in total. The molecule has 0 aromatic heterocycles. The van der Waals surface area contributed by atoms with Crippen LogP contribution in [-0.4, -0.2) is 19.2 Å². The Labute approximate surface area is 91.6 Å². The van der Waals surface area contributed by atoms with E-state index in [0.29, 0.717) is 5.92 Å². The molecule has 15 heavy (non-hydrogen) atoms. The van der Waals surface area contributed by atoms with E-state index in [1.165, 1.54) is 12.0 Å². The van der Waals surface area contributed by atoms with E-state index in [4.69, 9.17) is 4.74 Å². The monoisotopic (exact) mass is 205 g/mol. The highest BCUT2D eigenvalue weighted by Crippen LogP contribution is 2.25. The van der Waals surface area contributed by atoms with Crippen LogP contribution in [0.25, 0.3) is 0 Å². The van der Waals surface area contributed by atoms with Crippen molar-refractivity contribution >= 4 is 0 Å². The fourth-order valence-electron chi connectivity index (χ4n) is 2.05. The Kier molecular flexibility index (Phi) is 3.27. The third-order valence-corrected chi connectivity index (χ3v) is 2.76. The van der Waals surface area contributed by atoms with Gasteiger partial charge in [-0.1, -0.05) is 12.1 Å². The first-order valence-electron chi connectivity index (χ1n) is 5.73. The molecule has 82 valence electrons. The summed E-state index contributed by atoms with van der Waals surface area (Å²) in [5, 5.41) is 3.39. The molecule has 0 amide bonds. The fourth-order valence-corrected chi connectivity index (χ4v) is 2.05. The van der Waals surface area contributed by atoms with Gasteiger partial charge in [-0.3, -0.25) is 0 Å². The Morgan fingerprint density at radius 1 is 1.40 bits per heavy atom. The van der Waals surface area contributed by atoms with E-state index in [9.17, 15) is 0 Å². The number of hydrogen-bond donors (Lipinski definition) is 1. The second-order valence-corrected chi connectivity index (χ2v) is 4.43. The summed E-state index contributed by atoms with van der Waals surface area (Å²) in [4.78, 5) is 0. The van der Waals surface area contributed by atoms with E-state index in [2.05, 4.69) is 37.4 Å². The van der Waals surface area contributed by atoms with Crippen LogP contribution in [0.5, 0.6) is 5.75 Å². The van der Waals surface area contributed by atoms with Crippen LogP contribution in [0.4, 0.5) is 0 Å². The van der Waals surface area contributed by atoms with Gasteiger partial charge in [-0.25, -0.2) is 0 Å². The second-order valence-electron chi connectivity index (χ2n) is 4.43. The Hall–Kier alpha value is -1.02. The lowest BCUT2D eigenvalue weighted by molar-refractivity contribution is 0.242. The molecule has 1 fully saturated rings. The number of benzene rings is 1. The van der Waals surface area contributed by atoms with E-state index in [-0.39, 0.29) is 6.10 Å². The lowest BCUT2D eigenvalue weighted by atomic mass is 9.98. The number of rotatable bonds is 3. The average Bonchev–Trinajstić information content (AvgIpc) is 2.69. The van der Waals surface area contributed by atoms with E-state index in [0.717, 1.165) is 18.8 Å². The summed E-state index contributed by atoms with van der Waals surface area (Å²) in [6.07, 6.45) is 1.49. The van der Waals surface area contributed by atoms with Crippen LogP contribution < -0.4 is 10.1 Å². The first kappa shape index (κ1) is 10.5. The minimum atomic E-state index is 0.252. The van der Waals surface area contributed by atoms with Gasteiger partial charge in [0.25, 0.3) is 0 Å². The molecular weight excluding hydrogens is 186 g/mol. The molecule has 0 aliphatic carbocycles. The van der Waals surface area contributed by atoms with E-state index >= 15 is 0 Å². The Morgan fingerprint density at radius 3 is 2.93 bits per heavy atom. The first-order chi connectivity index (χ1) is 7.25. The maximum absolute atomic E-state index is 5.69. The Morgan fingerprint density at radius 2 is 2.27 bits per heavy atom. The van der Waals surface area contributed by atoms with Gasteiger partial charge in [0.05, 0.1) is 6.10 Å². The Bertz CT molecular complexity index is 316. The molecule has 1 saturated heterocycles. The molecule has 2 nitrogen and oxygen atoms in total. The van der Waals surface area contributed by atoms with Gasteiger partial charge >= 0.3 is 0 Å². The molecule has 2 heteroatoms. The highest BCUT2D eigenvalue weighted by Gasteiger charge is 2.16. The van der Waals surface area contributed by atoms with Crippen LogP contribution in [0.3, 0.4) is 0 Å². The van der Waals surface area contributed by atoms with Crippen molar-refractivity contribution in [2.45, 2.75) is 32.3 Å². The van der Waals surface area contributed by atoms with Gasteiger partial charge < -0.3 is 10.1 Å². The summed E-state index contributed by atoms with van der Waals surface area (Å²) in [6.45, 7) is 6.36. The third-order valence-electron chi connectivity index (χ3n) is 2.76. The summed E-state index contributed by atoms with van der Waals surface area (Å²) in [6, 6.07) is 8.50. The summed E-state index contributed by atoms with van der Waals surface area (Å²) in [5.74, 6) is 1.66. The van der Waals surface area contributed by atoms with Gasteiger partial charge in [-0.2, -0.15) is 0 Å². The Balaban J connectivity index is 2.11. The summed E-state index contributed by atoms with van der Waals surface area (Å²) in [7, 11) is 0. The van der Waals surface area contributed by atoms with Crippen LogP contribution in [0.2, 0.25) is 0 Å². The zero-order valence-corrected chi connectivity index (χ0v) is 9.49. The van der Waals surface area contributed by atoms with E-state index in [1.807, 2.05) is 6.07 Å². The van der Waals surface area contributed by atoms with Crippen molar-refractivity contribution in [2.75, 3.05) is 13.1 Å². The zero-order chi connectivity index (χ0) is 10.7. The van der Waals surface area contributed by atoms with Gasteiger partial charge in [0.2, 0.25) is 0 Å². The molecule has 1 aliphatic rings. The topological polar surface area (TPSA) is 21.3 Å². The lowest BCUT2D eigenvalue weighted by Crippen LogP contribution is -2.09. The highest BCUT2D eigenvalue weighted by atomic mass is 16.5. The van der Waals surface area contributed by atoms with Crippen molar-refractivity contribution in [1.29, 1.82) is 0 Å². The van der Waals surface area contributed by atoms with Crippen molar-refractivity contribution in [1.82, 2.24) is 5.32 Å². The predicted molar refractivity (Wildman–Crippen MR) is 62.4 cm³/mol. The quantitative estimate of drug-likeness (QED) is 0.818. The van der Waals surface area contributed by atoms with Crippen molar-refractivity contribution in [3.63, 3.8) is 0 Å². The van der Waals surface area contributed by atoms with Gasteiger partial charge in [0.15, 0.2) is 0 Å². The maximum Gasteiger partial charge on any atom is 0.119 e.